The summed E-state index contributed by atoms with van der Waals surface area (Å²) in [5.74, 6) is 0.297. The van der Waals surface area contributed by atoms with Crippen LogP contribution in [0.15, 0.2) is 36.4 Å². The number of benzene rings is 2. The number of nitrogens with one attached hydrogen (secondary N) is 1. The Hall–Kier alpha value is -1.96. The van der Waals surface area contributed by atoms with E-state index >= 15 is 0 Å². The van der Waals surface area contributed by atoms with Gasteiger partial charge in [0.05, 0.1) is 5.52 Å². The second-order valence-electron chi connectivity index (χ2n) is 3.90. The van der Waals surface area contributed by atoms with Crippen molar-refractivity contribution >= 4 is 21.8 Å². The molecule has 0 amide bonds. The molecule has 0 aliphatic rings. The van der Waals surface area contributed by atoms with Crippen LogP contribution in [0.25, 0.3) is 21.8 Å². The Morgan fingerprint density at radius 3 is 2.41 bits per heavy atom. The predicted molar refractivity (Wildman–Crippen MR) is 73.6 cm³/mol. The Balaban J connectivity index is 0.000000514. The fourth-order valence-corrected chi connectivity index (χ4v) is 2.01. The molecule has 0 saturated carbocycles. The minimum absolute atomic E-state index is 0.297. The molecule has 0 aliphatic carbocycles. The molecule has 2 heteroatoms. The smallest absolute Gasteiger partial charge is 0.117 e. The quantitative estimate of drug-likeness (QED) is 0.588. The summed E-state index contributed by atoms with van der Waals surface area (Å²) in [6.07, 6.45) is 0. The predicted octanol–water partition coefficient (Wildman–Crippen LogP) is 4.36. The number of aromatic hydroxyl groups is 1. The van der Waals surface area contributed by atoms with E-state index in [1.165, 1.54) is 10.9 Å². The van der Waals surface area contributed by atoms with Crippen LogP contribution < -0.4 is 0 Å². The van der Waals surface area contributed by atoms with Crippen molar-refractivity contribution in [1.29, 1.82) is 0 Å². The van der Waals surface area contributed by atoms with Gasteiger partial charge in [-0.15, -0.1) is 0 Å². The lowest BCUT2D eigenvalue weighted by molar-refractivity contribution is 0.476. The van der Waals surface area contributed by atoms with Crippen molar-refractivity contribution in [2.45, 2.75) is 20.8 Å². The highest BCUT2D eigenvalue weighted by Crippen LogP contribution is 2.28. The van der Waals surface area contributed by atoms with Crippen LogP contribution >= 0.6 is 0 Å². The Morgan fingerprint density at radius 2 is 1.65 bits per heavy atom. The van der Waals surface area contributed by atoms with Crippen molar-refractivity contribution < 1.29 is 5.11 Å². The van der Waals surface area contributed by atoms with E-state index in [0.29, 0.717) is 5.75 Å². The summed E-state index contributed by atoms with van der Waals surface area (Å²) in [5.41, 5.74) is 3.34. The number of hydrogen-bond donors (Lipinski definition) is 2. The summed E-state index contributed by atoms with van der Waals surface area (Å²) < 4.78 is 0. The number of phenols is 1. The lowest BCUT2D eigenvalue weighted by atomic mass is 10.1. The van der Waals surface area contributed by atoms with Crippen LogP contribution in [-0.4, -0.2) is 10.1 Å². The molecule has 0 saturated heterocycles. The zero-order chi connectivity index (χ0) is 12.4. The lowest BCUT2D eigenvalue weighted by Gasteiger charge is -1.93. The van der Waals surface area contributed by atoms with Gasteiger partial charge in [-0.05, 0) is 31.2 Å². The SMILES string of the molecule is CC.Cc1ccc2[nH]c3cc(O)ccc3c2c1. The van der Waals surface area contributed by atoms with Gasteiger partial charge in [-0.1, -0.05) is 25.5 Å². The number of rotatable bonds is 0. The van der Waals surface area contributed by atoms with E-state index < -0.39 is 0 Å². The Morgan fingerprint density at radius 1 is 0.882 bits per heavy atom. The lowest BCUT2D eigenvalue weighted by Crippen LogP contribution is -1.70. The molecule has 0 bridgehead atoms. The highest BCUT2D eigenvalue weighted by Gasteiger charge is 2.04. The standard InChI is InChI=1S/C13H11NO.C2H6/c1-8-2-5-12-11(6-8)10-4-3-9(15)7-13(10)14-12;1-2/h2-7,14-15H,1H3;1-2H3. The Labute approximate surface area is 101 Å². The molecule has 3 rings (SSSR count). The van der Waals surface area contributed by atoms with E-state index in [2.05, 4.69) is 30.1 Å². The van der Waals surface area contributed by atoms with E-state index in [0.717, 1.165) is 16.4 Å². The van der Waals surface area contributed by atoms with E-state index in [1.54, 1.807) is 12.1 Å². The van der Waals surface area contributed by atoms with Crippen LogP contribution in [0.5, 0.6) is 5.75 Å². The summed E-state index contributed by atoms with van der Waals surface area (Å²) in [6, 6.07) is 11.7. The molecule has 2 nitrogen and oxygen atoms in total. The van der Waals surface area contributed by atoms with Gasteiger partial charge >= 0.3 is 0 Å². The number of fused-ring (bicyclic) bond motifs is 3. The summed E-state index contributed by atoms with van der Waals surface area (Å²) in [5, 5.41) is 11.8. The van der Waals surface area contributed by atoms with Crippen molar-refractivity contribution in [1.82, 2.24) is 4.98 Å². The van der Waals surface area contributed by atoms with Crippen molar-refractivity contribution in [3.05, 3.63) is 42.0 Å². The Bertz CT molecular complexity index is 652. The molecule has 2 N–H and O–H groups in total. The van der Waals surface area contributed by atoms with Crippen LogP contribution in [0, 0.1) is 6.92 Å². The number of aromatic amines is 1. The first-order chi connectivity index (χ1) is 8.24. The van der Waals surface area contributed by atoms with E-state index in [1.807, 2.05) is 19.9 Å². The minimum Gasteiger partial charge on any atom is -0.508 e. The van der Waals surface area contributed by atoms with Gasteiger partial charge in [0.1, 0.15) is 5.75 Å². The van der Waals surface area contributed by atoms with Gasteiger partial charge in [-0.25, -0.2) is 0 Å². The van der Waals surface area contributed by atoms with E-state index in [-0.39, 0.29) is 0 Å². The van der Waals surface area contributed by atoms with Gasteiger partial charge < -0.3 is 10.1 Å². The maximum atomic E-state index is 9.39. The topological polar surface area (TPSA) is 36.0 Å². The zero-order valence-electron chi connectivity index (χ0n) is 10.4. The largest absolute Gasteiger partial charge is 0.508 e. The van der Waals surface area contributed by atoms with Crippen LogP contribution in [0.3, 0.4) is 0 Å². The minimum atomic E-state index is 0.297. The summed E-state index contributed by atoms with van der Waals surface area (Å²) in [7, 11) is 0. The fourth-order valence-electron chi connectivity index (χ4n) is 2.01. The van der Waals surface area contributed by atoms with E-state index in [9.17, 15) is 5.11 Å². The first-order valence-electron chi connectivity index (χ1n) is 5.95. The fraction of sp³-hybridized carbons (Fsp3) is 0.200. The molecular formula is C15H17NO. The van der Waals surface area contributed by atoms with Crippen LogP contribution in [0.1, 0.15) is 19.4 Å². The third-order valence-electron chi connectivity index (χ3n) is 2.74. The normalized spacial score (nSPS) is 10.3. The van der Waals surface area contributed by atoms with E-state index in [4.69, 9.17) is 0 Å². The Kier molecular flexibility index (Phi) is 3.05. The molecule has 1 heterocycles. The third-order valence-corrected chi connectivity index (χ3v) is 2.74. The van der Waals surface area contributed by atoms with Crippen molar-refractivity contribution in [3.63, 3.8) is 0 Å². The molecular weight excluding hydrogens is 210 g/mol. The number of phenolic OH excluding ortho intramolecular Hbond substituents is 1. The highest BCUT2D eigenvalue weighted by atomic mass is 16.3. The van der Waals surface area contributed by atoms with Gasteiger partial charge in [0.2, 0.25) is 0 Å². The van der Waals surface area contributed by atoms with Crippen LogP contribution in [-0.2, 0) is 0 Å². The molecule has 1 aromatic heterocycles. The van der Waals surface area contributed by atoms with Gasteiger partial charge in [-0.3, -0.25) is 0 Å². The van der Waals surface area contributed by atoms with Crippen molar-refractivity contribution in [3.8, 4) is 5.75 Å². The van der Waals surface area contributed by atoms with Gasteiger partial charge in [0.15, 0.2) is 0 Å². The molecule has 0 aliphatic heterocycles. The van der Waals surface area contributed by atoms with Crippen molar-refractivity contribution in [2.75, 3.05) is 0 Å². The number of hydrogen-bond acceptors (Lipinski definition) is 1. The molecule has 0 radical (unpaired) electrons. The zero-order valence-corrected chi connectivity index (χ0v) is 10.4. The number of H-pyrrole nitrogens is 1. The third kappa shape index (κ3) is 1.98. The second kappa shape index (κ2) is 4.50. The monoisotopic (exact) mass is 227 g/mol. The molecule has 88 valence electrons. The summed E-state index contributed by atoms with van der Waals surface area (Å²) >= 11 is 0. The number of aromatic nitrogens is 1. The first kappa shape index (κ1) is 11.5. The van der Waals surface area contributed by atoms with Crippen LogP contribution in [0.2, 0.25) is 0 Å². The van der Waals surface area contributed by atoms with Gasteiger partial charge in [0.25, 0.3) is 0 Å². The molecule has 2 aromatic carbocycles. The van der Waals surface area contributed by atoms with Gasteiger partial charge in [-0.2, -0.15) is 0 Å². The maximum absolute atomic E-state index is 9.39. The highest BCUT2D eigenvalue weighted by molar-refractivity contribution is 6.07. The molecule has 0 spiro atoms. The molecule has 0 atom stereocenters. The van der Waals surface area contributed by atoms with Crippen LogP contribution in [0.4, 0.5) is 0 Å². The molecule has 0 unspecified atom stereocenters. The van der Waals surface area contributed by atoms with Gasteiger partial charge in [0, 0.05) is 22.4 Å². The first-order valence-corrected chi connectivity index (χ1v) is 5.95. The molecule has 17 heavy (non-hydrogen) atoms. The maximum Gasteiger partial charge on any atom is 0.117 e. The summed E-state index contributed by atoms with van der Waals surface area (Å²) in [6.45, 7) is 6.08. The average molecular weight is 227 g/mol. The molecule has 3 aromatic rings. The number of aryl methyl sites for hydroxylation is 1. The molecule has 0 fully saturated rings. The average Bonchev–Trinajstić information content (AvgIpc) is 2.68. The van der Waals surface area contributed by atoms with Crippen molar-refractivity contribution in [2.24, 2.45) is 0 Å². The second-order valence-corrected chi connectivity index (χ2v) is 3.90. The summed E-state index contributed by atoms with van der Waals surface area (Å²) in [4.78, 5) is 3.29.